The average molecular weight is 410 g/mol. The summed E-state index contributed by atoms with van der Waals surface area (Å²) in [4.78, 5) is 27.5. The van der Waals surface area contributed by atoms with Crippen LogP contribution in [0.2, 0.25) is 0 Å². The first-order valence-electron chi connectivity index (χ1n) is 7.38. The van der Waals surface area contributed by atoms with E-state index in [9.17, 15) is 18.0 Å². The van der Waals surface area contributed by atoms with Gasteiger partial charge < -0.3 is 5.11 Å². The molecule has 2 heterocycles. The standard InChI is InChI=1S/C16H14N2O5S3/c17-26(22,23)11-5-3-10(4-6-11)18-15(20)13(12-2-1-8-24-12)14(16(18)21)25-9-7-19/h1-6,8,19H,7,9H2,(H2,17,22,23). The lowest BCUT2D eigenvalue weighted by atomic mass is 10.2. The van der Waals surface area contributed by atoms with Gasteiger partial charge in [0.1, 0.15) is 0 Å². The number of hydrogen-bond donors (Lipinski definition) is 2. The molecule has 0 fully saturated rings. The lowest BCUT2D eigenvalue weighted by Gasteiger charge is -2.15. The van der Waals surface area contributed by atoms with E-state index in [0.29, 0.717) is 10.5 Å². The number of thiophene rings is 1. The van der Waals surface area contributed by atoms with Crippen molar-refractivity contribution < 1.29 is 23.1 Å². The number of rotatable bonds is 6. The number of primary sulfonamides is 1. The summed E-state index contributed by atoms with van der Waals surface area (Å²) in [5.74, 6) is -0.706. The number of aliphatic hydroxyl groups excluding tert-OH is 1. The van der Waals surface area contributed by atoms with Crippen molar-refractivity contribution in [1.29, 1.82) is 0 Å². The number of amides is 2. The first-order valence-corrected chi connectivity index (χ1v) is 10.8. The predicted molar refractivity (Wildman–Crippen MR) is 101 cm³/mol. The van der Waals surface area contributed by atoms with Crippen molar-refractivity contribution in [1.82, 2.24) is 0 Å². The van der Waals surface area contributed by atoms with Gasteiger partial charge in [0.2, 0.25) is 10.0 Å². The maximum Gasteiger partial charge on any atom is 0.272 e. The summed E-state index contributed by atoms with van der Waals surface area (Å²) in [6.45, 7) is -0.129. The number of benzene rings is 1. The van der Waals surface area contributed by atoms with Crippen molar-refractivity contribution in [3.8, 4) is 0 Å². The molecule has 0 unspecified atom stereocenters. The third-order valence-electron chi connectivity index (χ3n) is 3.57. The molecule has 1 aromatic carbocycles. The van der Waals surface area contributed by atoms with Crippen LogP contribution in [0.5, 0.6) is 0 Å². The molecule has 7 nitrogen and oxygen atoms in total. The first kappa shape index (κ1) is 18.8. The number of nitrogens with zero attached hydrogens (tertiary/aromatic N) is 1. The number of hydrogen-bond acceptors (Lipinski definition) is 7. The fraction of sp³-hybridized carbons (Fsp3) is 0.125. The Hall–Kier alpha value is -1.98. The SMILES string of the molecule is NS(=O)(=O)c1ccc(N2C(=O)C(SCCO)=C(c3cccs3)C2=O)cc1. The molecule has 2 aromatic rings. The van der Waals surface area contributed by atoms with Gasteiger partial charge in [0, 0.05) is 10.6 Å². The number of nitrogens with two attached hydrogens (primary N) is 1. The molecule has 26 heavy (non-hydrogen) atoms. The summed E-state index contributed by atoms with van der Waals surface area (Å²) >= 11 is 2.45. The monoisotopic (exact) mass is 410 g/mol. The molecule has 1 aromatic heterocycles. The number of anilines is 1. The number of thioether (sulfide) groups is 1. The lowest BCUT2D eigenvalue weighted by Crippen LogP contribution is -2.31. The molecule has 3 rings (SSSR count). The van der Waals surface area contributed by atoms with E-state index in [0.717, 1.165) is 16.7 Å². The van der Waals surface area contributed by atoms with E-state index in [4.69, 9.17) is 10.2 Å². The molecule has 2 amide bonds. The zero-order valence-electron chi connectivity index (χ0n) is 13.3. The van der Waals surface area contributed by atoms with Crippen LogP contribution < -0.4 is 10.0 Å². The molecule has 0 aliphatic carbocycles. The Kier molecular flexibility index (Phi) is 5.30. The zero-order valence-corrected chi connectivity index (χ0v) is 15.7. The topological polar surface area (TPSA) is 118 Å². The van der Waals surface area contributed by atoms with Crippen LogP contribution in [-0.2, 0) is 19.6 Å². The number of sulfonamides is 1. The molecule has 0 atom stereocenters. The van der Waals surface area contributed by atoms with Gasteiger partial charge in [0.15, 0.2) is 0 Å². The van der Waals surface area contributed by atoms with Crippen LogP contribution in [0.25, 0.3) is 5.57 Å². The van der Waals surface area contributed by atoms with Crippen LogP contribution in [0, 0.1) is 0 Å². The van der Waals surface area contributed by atoms with Gasteiger partial charge in [-0.05, 0) is 35.7 Å². The van der Waals surface area contributed by atoms with Crippen LogP contribution in [0.15, 0.2) is 51.6 Å². The number of carbonyl (C=O) groups is 2. The second-order valence-corrected chi connectivity index (χ2v) is 8.85. The Labute approximate surface area is 158 Å². The molecule has 0 radical (unpaired) electrons. The minimum atomic E-state index is -3.87. The van der Waals surface area contributed by atoms with Crippen molar-refractivity contribution in [2.45, 2.75) is 4.90 Å². The van der Waals surface area contributed by atoms with Crippen molar-refractivity contribution in [3.63, 3.8) is 0 Å². The van der Waals surface area contributed by atoms with Crippen LogP contribution in [-0.4, -0.2) is 37.7 Å². The molecule has 0 bridgehead atoms. The Balaban J connectivity index is 2.01. The van der Waals surface area contributed by atoms with E-state index in [1.165, 1.54) is 35.6 Å². The van der Waals surface area contributed by atoms with Gasteiger partial charge >= 0.3 is 0 Å². The largest absolute Gasteiger partial charge is 0.396 e. The van der Waals surface area contributed by atoms with Crippen LogP contribution in [0.4, 0.5) is 5.69 Å². The van der Waals surface area contributed by atoms with Crippen molar-refractivity contribution in [2.24, 2.45) is 5.14 Å². The van der Waals surface area contributed by atoms with Gasteiger partial charge in [0.05, 0.1) is 27.7 Å². The maximum atomic E-state index is 12.9. The van der Waals surface area contributed by atoms with E-state index in [1.807, 2.05) is 0 Å². The highest BCUT2D eigenvalue weighted by atomic mass is 32.2. The Bertz CT molecular complexity index is 979. The number of aliphatic hydroxyl groups is 1. The minimum absolute atomic E-state index is 0.110. The molecular weight excluding hydrogens is 396 g/mol. The van der Waals surface area contributed by atoms with Crippen molar-refractivity contribution >= 4 is 56.2 Å². The van der Waals surface area contributed by atoms with Crippen molar-refractivity contribution in [2.75, 3.05) is 17.3 Å². The predicted octanol–water partition coefficient (Wildman–Crippen LogP) is 1.41. The van der Waals surface area contributed by atoms with E-state index >= 15 is 0 Å². The molecule has 0 saturated carbocycles. The summed E-state index contributed by atoms with van der Waals surface area (Å²) in [6.07, 6.45) is 0. The third kappa shape index (κ3) is 3.46. The highest BCUT2D eigenvalue weighted by Gasteiger charge is 2.40. The molecule has 10 heteroatoms. The molecule has 1 aliphatic rings. The van der Waals surface area contributed by atoms with Gasteiger partial charge in [-0.25, -0.2) is 18.5 Å². The second-order valence-electron chi connectivity index (χ2n) is 5.24. The highest BCUT2D eigenvalue weighted by Crippen LogP contribution is 2.39. The molecule has 136 valence electrons. The van der Waals surface area contributed by atoms with Gasteiger partial charge in [-0.3, -0.25) is 9.59 Å². The minimum Gasteiger partial charge on any atom is -0.396 e. The van der Waals surface area contributed by atoms with E-state index in [-0.39, 0.29) is 27.8 Å². The third-order valence-corrected chi connectivity index (χ3v) is 6.44. The van der Waals surface area contributed by atoms with E-state index < -0.39 is 21.8 Å². The summed E-state index contributed by atoms with van der Waals surface area (Å²) < 4.78 is 22.7. The summed E-state index contributed by atoms with van der Waals surface area (Å²) in [7, 11) is -3.87. The smallest absolute Gasteiger partial charge is 0.272 e. The Morgan fingerprint density at radius 3 is 2.35 bits per heavy atom. The first-order chi connectivity index (χ1) is 12.3. The normalized spacial score (nSPS) is 15.2. The summed E-state index contributed by atoms with van der Waals surface area (Å²) in [5.41, 5.74) is 0.542. The Morgan fingerprint density at radius 2 is 1.81 bits per heavy atom. The molecule has 1 aliphatic heterocycles. The van der Waals surface area contributed by atoms with Crippen LogP contribution in [0.1, 0.15) is 4.88 Å². The van der Waals surface area contributed by atoms with E-state index in [2.05, 4.69) is 0 Å². The van der Waals surface area contributed by atoms with Gasteiger partial charge in [-0.15, -0.1) is 23.1 Å². The second kappa shape index (κ2) is 7.33. The molecule has 3 N–H and O–H groups in total. The number of carbonyl (C=O) groups excluding carboxylic acids is 2. The lowest BCUT2D eigenvalue weighted by molar-refractivity contribution is -0.119. The molecule has 0 saturated heterocycles. The average Bonchev–Trinajstić information content (AvgIpc) is 3.19. The van der Waals surface area contributed by atoms with Crippen molar-refractivity contribution in [3.05, 3.63) is 51.6 Å². The Morgan fingerprint density at radius 1 is 1.12 bits per heavy atom. The van der Waals surface area contributed by atoms with E-state index in [1.54, 1.807) is 17.5 Å². The summed E-state index contributed by atoms with van der Waals surface area (Å²) in [6, 6.07) is 8.74. The molecular formula is C16H14N2O5S3. The summed E-state index contributed by atoms with van der Waals surface area (Å²) in [5, 5.41) is 15.9. The quantitative estimate of drug-likeness (QED) is 0.695. The van der Waals surface area contributed by atoms with Gasteiger partial charge in [-0.2, -0.15) is 0 Å². The van der Waals surface area contributed by atoms with Gasteiger partial charge in [0.25, 0.3) is 11.8 Å². The molecule has 0 spiro atoms. The van der Waals surface area contributed by atoms with Crippen LogP contribution in [0.3, 0.4) is 0 Å². The maximum absolute atomic E-state index is 12.9. The fourth-order valence-electron chi connectivity index (χ4n) is 2.45. The van der Waals surface area contributed by atoms with Gasteiger partial charge in [-0.1, -0.05) is 6.07 Å². The fourth-order valence-corrected chi connectivity index (χ4v) is 4.65. The van der Waals surface area contributed by atoms with Crippen LogP contribution >= 0.6 is 23.1 Å². The zero-order chi connectivity index (χ0) is 18.9. The number of imide groups is 1. The highest BCUT2D eigenvalue weighted by molar-refractivity contribution is 8.04.